The molecule has 1 aliphatic rings. The van der Waals surface area contributed by atoms with E-state index in [2.05, 4.69) is 10.2 Å². The first-order chi connectivity index (χ1) is 9.78. The van der Waals surface area contributed by atoms with Crippen LogP contribution in [0.3, 0.4) is 0 Å². The maximum absolute atomic E-state index is 5.65. The number of rotatable bonds is 6. The lowest BCUT2D eigenvalue weighted by atomic mass is 10.1. The van der Waals surface area contributed by atoms with E-state index in [0.717, 1.165) is 49.8 Å². The number of benzene rings is 1. The summed E-state index contributed by atoms with van der Waals surface area (Å²) in [5, 5.41) is 3.36. The molecule has 1 fully saturated rings. The van der Waals surface area contributed by atoms with Crippen molar-refractivity contribution in [3.63, 3.8) is 0 Å². The Morgan fingerprint density at radius 3 is 2.35 bits per heavy atom. The van der Waals surface area contributed by atoms with Gasteiger partial charge in [0.05, 0.1) is 20.8 Å². The monoisotopic (exact) mass is 280 g/mol. The molecule has 1 heterocycles. The quantitative estimate of drug-likeness (QED) is 0.855. The van der Waals surface area contributed by atoms with E-state index < -0.39 is 0 Å². The highest BCUT2D eigenvalue weighted by Crippen LogP contribution is 2.35. The molecular formula is C15H24N2O3. The van der Waals surface area contributed by atoms with Crippen LogP contribution in [0.4, 0.5) is 0 Å². The summed E-state index contributed by atoms with van der Waals surface area (Å²) in [6.45, 7) is 7.65. The Kier molecular flexibility index (Phi) is 5.49. The normalized spacial score (nSPS) is 15.9. The largest absolute Gasteiger partial charge is 0.496 e. The van der Waals surface area contributed by atoms with E-state index in [1.807, 2.05) is 19.1 Å². The van der Waals surface area contributed by atoms with Crippen LogP contribution in [0.15, 0.2) is 12.1 Å². The highest BCUT2D eigenvalue weighted by Gasteiger charge is 2.16. The molecule has 5 heteroatoms. The van der Waals surface area contributed by atoms with Crippen LogP contribution in [0.5, 0.6) is 17.2 Å². The Balaban J connectivity index is 2.22. The van der Waals surface area contributed by atoms with Crippen molar-refractivity contribution in [2.45, 2.75) is 13.5 Å². The topological polar surface area (TPSA) is 43.0 Å². The van der Waals surface area contributed by atoms with Crippen molar-refractivity contribution in [3.8, 4) is 17.2 Å². The van der Waals surface area contributed by atoms with E-state index >= 15 is 0 Å². The summed E-state index contributed by atoms with van der Waals surface area (Å²) in [7, 11) is 3.34. The summed E-state index contributed by atoms with van der Waals surface area (Å²) in [6, 6.07) is 3.94. The van der Waals surface area contributed by atoms with Gasteiger partial charge in [-0.25, -0.2) is 0 Å². The third kappa shape index (κ3) is 3.55. The summed E-state index contributed by atoms with van der Waals surface area (Å²) in [4.78, 5) is 2.41. The van der Waals surface area contributed by atoms with E-state index in [4.69, 9.17) is 14.2 Å². The van der Waals surface area contributed by atoms with E-state index in [-0.39, 0.29) is 0 Å². The van der Waals surface area contributed by atoms with Gasteiger partial charge in [0.1, 0.15) is 5.75 Å². The first-order valence-electron chi connectivity index (χ1n) is 7.09. The molecule has 0 unspecified atom stereocenters. The predicted octanol–water partition coefficient (Wildman–Crippen LogP) is 1.51. The van der Waals surface area contributed by atoms with Crippen LogP contribution in [0, 0.1) is 0 Å². The molecule has 1 N–H and O–H groups in total. The minimum absolute atomic E-state index is 0.621. The van der Waals surface area contributed by atoms with Crippen molar-refractivity contribution in [1.29, 1.82) is 0 Å². The van der Waals surface area contributed by atoms with Crippen molar-refractivity contribution < 1.29 is 14.2 Å². The number of hydrogen-bond acceptors (Lipinski definition) is 5. The second-order valence-corrected chi connectivity index (χ2v) is 4.77. The van der Waals surface area contributed by atoms with Crippen molar-refractivity contribution >= 4 is 0 Å². The van der Waals surface area contributed by atoms with Gasteiger partial charge in [-0.1, -0.05) is 0 Å². The molecule has 112 valence electrons. The van der Waals surface area contributed by atoms with Gasteiger partial charge in [0, 0.05) is 44.4 Å². The fourth-order valence-corrected chi connectivity index (χ4v) is 2.43. The SMILES string of the molecule is CCOc1cc(CN2CCNCC2)c(OC)cc1OC. The molecule has 5 nitrogen and oxygen atoms in total. The van der Waals surface area contributed by atoms with Crippen LogP contribution in [-0.4, -0.2) is 51.9 Å². The van der Waals surface area contributed by atoms with Crippen molar-refractivity contribution in [2.24, 2.45) is 0 Å². The third-order valence-corrected chi connectivity index (χ3v) is 3.47. The van der Waals surface area contributed by atoms with E-state index in [0.29, 0.717) is 12.4 Å². The highest BCUT2D eigenvalue weighted by atomic mass is 16.5. The summed E-state index contributed by atoms with van der Waals surface area (Å²) in [5.74, 6) is 2.34. The van der Waals surface area contributed by atoms with Gasteiger partial charge in [0.15, 0.2) is 11.5 Å². The van der Waals surface area contributed by atoms with Crippen molar-refractivity contribution in [1.82, 2.24) is 10.2 Å². The molecule has 20 heavy (non-hydrogen) atoms. The van der Waals surface area contributed by atoms with Crippen LogP contribution >= 0.6 is 0 Å². The Morgan fingerprint density at radius 1 is 1.05 bits per heavy atom. The molecule has 0 radical (unpaired) electrons. The van der Waals surface area contributed by atoms with Gasteiger partial charge >= 0.3 is 0 Å². The molecule has 0 aromatic heterocycles. The molecule has 1 aliphatic heterocycles. The maximum atomic E-state index is 5.65. The standard InChI is InChI=1S/C15H24N2O3/c1-4-20-15-9-12(11-17-7-5-16-6-8-17)13(18-2)10-14(15)19-3/h9-10,16H,4-8,11H2,1-3H3. The average Bonchev–Trinajstić information content (AvgIpc) is 2.49. The van der Waals surface area contributed by atoms with Gasteiger partial charge in [0.25, 0.3) is 0 Å². The zero-order valence-corrected chi connectivity index (χ0v) is 12.6. The lowest BCUT2D eigenvalue weighted by Gasteiger charge is -2.28. The molecule has 1 saturated heterocycles. The second kappa shape index (κ2) is 7.36. The van der Waals surface area contributed by atoms with Gasteiger partial charge in [-0.05, 0) is 13.0 Å². The Labute approximate surface area is 120 Å². The molecule has 0 saturated carbocycles. The van der Waals surface area contributed by atoms with Gasteiger partial charge in [-0.15, -0.1) is 0 Å². The highest BCUT2D eigenvalue weighted by molar-refractivity contribution is 5.50. The van der Waals surface area contributed by atoms with Gasteiger partial charge in [0.2, 0.25) is 0 Å². The number of nitrogens with one attached hydrogen (secondary N) is 1. The van der Waals surface area contributed by atoms with E-state index in [1.54, 1.807) is 14.2 Å². The fourth-order valence-electron chi connectivity index (χ4n) is 2.43. The van der Waals surface area contributed by atoms with Crippen LogP contribution in [-0.2, 0) is 6.54 Å². The van der Waals surface area contributed by atoms with E-state index in [1.165, 1.54) is 0 Å². The second-order valence-electron chi connectivity index (χ2n) is 4.77. The first-order valence-corrected chi connectivity index (χ1v) is 7.09. The van der Waals surface area contributed by atoms with Crippen LogP contribution in [0.2, 0.25) is 0 Å². The zero-order valence-electron chi connectivity index (χ0n) is 12.6. The molecule has 1 aromatic rings. The predicted molar refractivity (Wildman–Crippen MR) is 78.9 cm³/mol. The minimum atomic E-state index is 0.621. The smallest absolute Gasteiger partial charge is 0.164 e. The van der Waals surface area contributed by atoms with Gasteiger partial charge in [-0.2, -0.15) is 0 Å². The lowest BCUT2D eigenvalue weighted by molar-refractivity contribution is 0.229. The first kappa shape index (κ1) is 14.9. The fraction of sp³-hybridized carbons (Fsp3) is 0.600. The number of piperazine rings is 1. The van der Waals surface area contributed by atoms with Crippen LogP contribution < -0.4 is 19.5 Å². The van der Waals surface area contributed by atoms with Crippen molar-refractivity contribution in [2.75, 3.05) is 47.0 Å². The van der Waals surface area contributed by atoms with Gasteiger partial charge < -0.3 is 19.5 Å². The summed E-state index contributed by atoms with van der Waals surface area (Å²) in [6.07, 6.45) is 0. The maximum Gasteiger partial charge on any atom is 0.164 e. The molecular weight excluding hydrogens is 256 g/mol. The zero-order chi connectivity index (χ0) is 14.4. The molecule has 0 atom stereocenters. The number of nitrogens with zero attached hydrogens (tertiary/aromatic N) is 1. The molecule has 0 spiro atoms. The number of ether oxygens (including phenoxy) is 3. The number of methoxy groups -OCH3 is 2. The molecule has 2 rings (SSSR count). The lowest BCUT2D eigenvalue weighted by Crippen LogP contribution is -2.42. The summed E-state index contributed by atoms with van der Waals surface area (Å²) in [5.41, 5.74) is 1.14. The van der Waals surface area contributed by atoms with E-state index in [9.17, 15) is 0 Å². The molecule has 0 amide bonds. The summed E-state index contributed by atoms with van der Waals surface area (Å²) < 4.78 is 16.5. The molecule has 0 bridgehead atoms. The Bertz CT molecular complexity index is 431. The molecule has 0 aliphatic carbocycles. The Hall–Kier alpha value is -1.46. The minimum Gasteiger partial charge on any atom is -0.496 e. The Morgan fingerprint density at radius 2 is 1.75 bits per heavy atom. The average molecular weight is 280 g/mol. The molecule has 1 aromatic carbocycles. The third-order valence-electron chi connectivity index (χ3n) is 3.47. The summed E-state index contributed by atoms with van der Waals surface area (Å²) >= 11 is 0. The number of hydrogen-bond donors (Lipinski definition) is 1. The van der Waals surface area contributed by atoms with Crippen molar-refractivity contribution in [3.05, 3.63) is 17.7 Å². The van der Waals surface area contributed by atoms with Gasteiger partial charge in [-0.3, -0.25) is 4.90 Å². The van der Waals surface area contributed by atoms with Crippen LogP contribution in [0.1, 0.15) is 12.5 Å². The van der Waals surface area contributed by atoms with Crippen LogP contribution in [0.25, 0.3) is 0 Å².